The zero-order chi connectivity index (χ0) is 19.1. The topological polar surface area (TPSA) is 83.0 Å². The van der Waals surface area contributed by atoms with E-state index in [4.69, 9.17) is 11.6 Å². The summed E-state index contributed by atoms with van der Waals surface area (Å²) in [4.78, 5) is 30.9. The van der Waals surface area contributed by atoms with Crippen molar-refractivity contribution < 1.29 is 0 Å². The molecule has 0 radical (unpaired) electrons. The number of hydrogen-bond donors (Lipinski definition) is 2. The molecule has 0 unspecified atom stereocenters. The molecule has 0 saturated heterocycles. The normalized spacial score (nSPS) is 17.7. The summed E-state index contributed by atoms with van der Waals surface area (Å²) in [6.07, 6.45) is 6.44. The average molecular weight is 383 g/mol. The number of halogens is 1. The van der Waals surface area contributed by atoms with E-state index in [1.165, 1.54) is 5.57 Å². The maximum Gasteiger partial charge on any atom is 0.350 e. The standard InChI is InChI=1S/C20H19ClN4O2/c1-11(2)13-5-3-12(4-6-13)10-22-25-19(26)18-17(24-20(25)27)15-9-14(21)7-8-16(15)23-18/h3,7-10,13,23H,1,4-6H2,2H3,(H,24,27)/b22-10-/t13-/m0/s1. The first kappa shape index (κ1) is 17.5. The highest BCUT2D eigenvalue weighted by atomic mass is 35.5. The fraction of sp³-hybridized carbons (Fsp3) is 0.250. The molecule has 4 rings (SSSR count). The van der Waals surface area contributed by atoms with Gasteiger partial charge in [-0.05, 0) is 55.9 Å². The van der Waals surface area contributed by atoms with Crippen molar-refractivity contribution in [1.82, 2.24) is 14.6 Å². The van der Waals surface area contributed by atoms with Gasteiger partial charge in [0.2, 0.25) is 0 Å². The lowest BCUT2D eigenvalue weighted by Crippen LogP contribution is -2.32. The number of nitrogens with one attached hydrogen (secondary N) is 2. The summed E-state index contributed by atoms with van der Waals surface area (Å²) in [5.74, 6) is 0.489. The highest BCUT2D eigenvalue weighted by Crippen LogP contribution is 2.27. The molecule has 2 N–H and O–H groups in total. The summed E-state index contributed by atoms with van der Waals surface area (Å²) in [5.41, 5.74) is 2.58. The van der Waals surface area contributed by atoms with Crippen molar-refractivity contribution in [1.29, 1.82) is 0 Å². The van der Waals surface area contributed by atoms with E-state index in [0.717, 1.165) is 35.0 Å². The average Bonchev–Trinajstić information content (AvgIpc) is 3.00. The molecule has 7 heteroatoms. The van der Waals surface area contributed by atoms with Crippen molar-refractivity contribution >= 4 is 39.8 Å². The Kier molecular flexibility index (Phi) is 4.36. The number of hydrogen-bond acceptors (Lipinski definition) is 3. The second kappa shape index (κ2) is 6.70. The predicted molar refractivity (Wildman–Crippen MR) is 110 cm³/mol. The molecule has 0 bridgehead atoms. The van der Waals surface area contributed by atoms with Gasteiger partial charge in [-0.25, -0.2) is 4.79 Å². The van der Waals surface area contributed by atoms with Crippen LogP contribution in [0.15, 0.2) is 56.7 Å². The van der Waals surface area contributed by atoms with E-state index in [-0.39, 0.29) is 0 Å². The minimum Gasteiger partial charge on any atom is -0.349 e. The summed E-state index contributed by atoms with van der Waals surface area (Å²) in [5, 5.41) is 5.36. The molecule has 6 nitrogen and oxygen atoms in total. The molecular formula is C20H19ClN4O2. The third-order valence-electron chi connectivity index (χ3n) is 5.07. The molecule has 1 aromatic carbocycles. The number of nitrogens with zero attached hydrogens (tertiary/aromatic N) is 2. The van der Waals surface area contributed by atoms with Gasteiger partial charge in [-0.1, -0.05) is 29.8 Å². The second-order valence-electron chi connectivity index (χ2n) is 6.95. The third kappa shape index (κ3) is 3.17. The minimum absolute atomic E-state index is 0.295. The fourth-order valence-electron chi connectivity index (χ4n) is 3.47. The first-order chi connectivity index (χ1) is 12.9. The predicted octanol–water partition coefficient (Wildman–Crippen LogP) is 3.96. The molecular weight excluding hydrogens is 364 g/mol. The van der Waals surface area contributed by atoms with Gasteiger partial charge in [-0.3, -0.25) is 4.79 Å². The third-order valence-corrected chi connectivity index (χ3v) is 5.31. The number of benzene rings is 1. The van der Waals surface area contributed by atoms with Crippen LogP contribution in [-0.4, -0.2) is 20.9 Å². The molecule has 2 aromatic heterocycles. The summed E-state index contributed by atoms with van der Waals surface area (Å²) >= 11 is 6.03. The maximum absolute atomic E-state index is 12.8. The molecule has 1 aliphatic carbocycles. The number of allylic oxidation sites excluding steroid dienone is 3. The number of aromatic nitrogens is 3. The van der Waals surface area contributed by atoms with Crippen molar-refractivity contribution in [3.05, 3.63) is 67.9 Å². The zero-order valence-electron chi connectivity index (χ0n) is 14.9. The van der Waals surface area contributed by atoms with E-state index in [9.17, 15) is 9.59 Å². The molecule has 1 atom stereocenters. The van der Waals surface area contributed by atoms with Crippen LogP contribution in [0.2, 0.25) is 5.02 Å². The summed E-state index contributed by atoms with van der Waals surface area (Å²) < 4.78 is 0.852. The van der Waals surface area contributed by atoms with Gasteiger partial charge < -0.3 is 9.97 Å². The first-order valence-corrected chi connectivity index (χ1v) is 9.17. The first-order valence-electron chi connectivity index (χ1n) is 8.79. The Hall–Kier alpha value is -2.86. The van der Waals surface area contributed by atoms with Crippen LogP contribution in [0, 0.1) is 5.92 Å². The number of aromatic amines is 2. The Bertz CT molecular complexity index is 1240. The van der Waals surface area contributed by atoms with Gasteiger partial charge in [0.05, 0.1) is 11.7 Å². The molecule has 138 valence electrons. The van der Waals surface area contributed by atoms with Gasteiger partial charge >= 0.3 is 11.2 Å². The van der Waals surface area contributed by atoms with Crippen LogP contribution in [0.1, 0.15) is 26.2 Å². The van der Waals surface area contributed by atoms with Gasteiger partial charge in [0.1, 0.15) is 5.52 Å². The number of H-pyrrole nitrogens is 2. The molecule has 0 fully saturated rings. The lowest BCUT2D eigenvalue weighted by molar-refractivity contribution is 0.548. The highest BCUT2D eigenvalue weighted by Gasteiger charge is 2.15. The van der Waals surface area contributed by atoms with Crippen molar-refractivity contribution in [2.45, 2.75) is 26.2 Å². The fourth-order valence-corrected chi connectivity index (χ4v) is 3.64. The van der Waals surface area contributed by atoms with Crippen LogP contribution in [-0.2, 0) is 0 Å². The van der Waals surface area contributed by atoms with Crippen molar-refractivity contribution in [2.24, 2.45) is 11.0 Å². The van der Waals surface area contributed by atoms with Crippen LogP contribution in [0.3, 0.4) is 0 Å². The molecule has 0 saturated carbocycles. The van der Waals surface area contributed by atoms with Crippen molar-refractivity contribution in [2.75, 3.05) is 0 Å². The number of fused-ring (bicyclic) bond motifs is 3. The lowest BCUT2D eigenvalue weighted by Gasteiger charge is -2.20. The Morgan fingerprint density at radius 1 is 1.33 bits per heavy atom. The van der Waals surface area contributed by atoms with Gasteiger partial charge in [0.25, 0.3) is 0 Å². The summed E-state index contributed by atoms with van der Waals surface area (Å²) in [7, 11) is 0. The van der Waals surface area contributed by atoms with Gasteiger partial charge in [-0.2, -0.15) is 5.10 Å². The SMILES string of the molecule is C=C(C)[C@H]1CC=C(/C=N\n2c(=O)[nH]c3c([nH]c4ccc(Cl)cc43)c2=O)CC1. The molecule has 0 spiro atoms. The summed E-state index contributed by atoms with van der Waals surface area (Å²) in [6, 6.07) is 5.21. The van der Waals surface area contributed by atoms with Crippen LogP contribution < -0.4 is 11.2 Å². The minimum atomic E-state index is -0.583. The monoisotopic (exact) mass is 382 g/mol. The van der Waals surface area contributed by atoms with E-state index in [2.05, 4.69) is 27.7 Å². The second-order valence-corrected chi connectivity index (χ2v) is 7.39. The smallest absolute Gasteiger partial charge is 0.349 e. The molecule has 2 heterocycles. The van der Waals surface area contributed by atoms with E-state index in [0.29, 0.717) is 27.4 Å². The van der Waals surface area contributed by atoms with E-state index in [1.54, 1.807) is 24.4 Å². The van der Waals surface area contributed by atoms with E-state index < -0.39 is 11.2 Å². The number of rotatable bonds is 3. The van der Waals surface area contributed by atoms with Crippen LogP contribution in [0.5, 0.6) is 0 Å². The van der Waals surface area contributed by atoms with Gasteiger partial charge in [0, 0.05) is 15.9 Å². The maximum atomic E-state index is 12.8. The molecule has 0 aliphatic heterocycles. The Morgan fingerprint density at radius 3 is 2.85 bits per heavy atom. The quantitative estimate of drug-likeness (QED) is 0.531. The Morgan fingerprint density at radius 2 is 2.15 bits per heavy atom. The van der Waals surface area contributed by atoms with Crippen LogP contribution in [0.25, 0.3) is 21.9 Å². The van der Waals surface area contributed by atoms with Crippen molar-refractivity contribution in [3.8, 4) is 0 Å². The van der Waals surface area contributed by atoms with Crippen LogP contribution in [0.4, 0.5) is 0 Å². The zero-order valence-corrected chi connectivity index (χ0v) is 15.6. The van der Waals surface area contributed by atoms with E-state index >= 15 is 0 Å². The molecule has 27 heavy (non-hydrogen) atoms. The largest absolute Gasteiger partial charge is 0.350 e. The van der Waals surface area contributed by atoms with Crippen molar-refractivity contribution in [3.63, 3.8) is 0 Å². The Labute approximate surface area is 159 Å². The van der Waals surface area contributed by atoms with Gasteiger partial charge in [-0.15, -0.1) is 4.68 Å². The molecule has 1 aliphatic rings. The van der Waals surface area contributed by atoms with E-state index in [1.807, 2.05) is 6.92 Å². The molecule has 0 amide bonds. The summed E-state index contributed by atoms with van der Waals surface area (Å²) in [6.45, 7) is 6.05. The highest BCUT2D eigenvalue weighted by molar-refractivity contribution is 6.31. The Balaban J connectivity index is 1.75. The van der Waals surface area contributed by atoms with Crippen LogP contribution >= 0.6 is 11.6 Å². The lowest BCUT2D eigenvalue weighted by atomic mass is 9.86. The van der Waals surface area contributed by atoms with Gasteiger partial charge in [0.15, 0.2) is 0 Å². The molecule has 3 aromatic rings.